The number of rotatable bonds is 4. The number of nitrogens with one attached hydrogen (secondary N) is 1. The highest BCUT2D eigenvalue weighted by molar-refractivity contribution is 5.94. The lowest BCUT2D eigenvalue weighted by atomic mass is 10.0. The van der Waals surface area contributed by atoms with Crippen molar-refractivity contribution in [3.05, 3.63) is 53.6 Å². The first-order chi connectivity index (χ1) is 13.7. The summed E-state index contributed by atoms with van der Waals surface area (Å²) < 4.78 is 2.00. The lowest BCUT2D eigenvalue weighted by Crippen LogP contribution is -2.39. The van der Waals surface area contributed by atoms with Crippen molar-refractivity contribution in [2.24, 2.45) is 0 Å². The van der Waals surface area contributed by atoms with Crippen molar-refractivity contribution in [2.75, 3.05) is 13.1 Å². The summed E-state index contributed by atoms with van der Waals surface area (Å²) in [4.78, 5) is 22.8. The van der Waals surface area contributed by atoms with Crippen molar-refractivity contribution >= 4 is 5.91 Å². The van der Waals surface area contributed by atoms with Gasteiger partial charge in [-0.25, -0.2) is 9.67 Å². The van der Waals surface area contributed by atoms with Gasteiger partial charge in [-0.05, 0) is 32.6 Å². The third-order valence-electron chi connectivity index (χ3n) is 5.78. The number of carbonyl (C=O) groups is 1. The minimum Gasteiger partial charge on any atom is -0.341 e. The van der Waals surface area contributed by atoms with Gasteiger partial charge in [0.1, 0.15) is 11.5 Å². The maximum absolute atomic E-state index is 13.0. The number of aromatic amines is 1. The van der Waals surface area contributed by atoms with E-state index in [-0.39, 0.29) is 5.91 Å². The van der Waals surface area contributed by atoms with Gasteiger partial charge in [-0.15, -0.1) is 5.10 Å². The van der Waals surface area contributed by atoms with Crippen LogP contribution in [0.15, 0.2) is 36.5 Å². The molecule has 2 aliphatic rings. The van der Waals surface area contributed by atoms with E-state index in [4.69, 9.17) is 0 Å². The van der Waals surface area contributed by atoms with Crippen molar-refractivity contribution in [1.82, 2.24) is 29.9 Å². The molecule has 5 rings (SSSR count). The van der Waals surface area contributed by atoms with E-state index < -0.39 is 0 Å². The number of benzene rings is 1. The Kier molecular flexibility index (Phi) is 4.22. The topological polar surface area (TPSA) is 79.7 Å². The molecule has 1 aromatic carbocycles. The van der Waals surface area contributed by atoms with E-state index in [1.54, 1.807) is 0 Å². The summed E-state index contributed by atoms with van der Waals surface area (Å²) in [6, 6.07) is 10.2. The zero-order chi connectivity index (χ0) is 19.1. The lowest BCUT2D eigenvalue weighted by molar-refractivity contribution is 0.0683. The number of likely N-dealkylation sites (tertiary alicyclic amines) is 1. The minimum absolute atomic E-state index is 0.00615. The molecule has 1 aliphatic heterocycles. The van der Waals surface area contributed by atoms with Gasteiger partial charge in [0, 0.05) is 36.5 Å². The van der Waals surface area contributed by atoms with E-state index in [0.29, 0.717) is 17.7 Å². The van der Waals surface area contributed by atoms with Crippen LogP contribution in [0.25, 0.3) is 11.4 Å². The normalized spacial score (nSPS) is 17.8. The summed E-state index contributed by atoms with van der Waals surface area (Å²) in [7, 11) is 0. The molecule has 1 amide bonds. The summed E-state index contributed by atoms with van der Waals surface area (Å²) >= 11 is 0. The quantitative estimate of drug-likeness (QED) is 0.757. The second-order valence-electron chi connectivity index (χ2n) is 7.85. The van der Waals surface area contributed by atoms with E-state index in [2.05, 4.69) is 26.5 Å². The Morgan fingerprint density at radius 1 is 1.11 bits per heavy atom. The van der Waals surface area contributed by atoms with Gasteiger partial charge in [-0.2, -0.15) is 0 Å². The van der Waals surface area contributed by atoms with Gasteiger partial charge >= 0.3 is 0 Å². The van der Waals surface area contributed by atoms with Crippen molar-refractivity contribution in [3.8, 4) is 11.4 Å². The first-order valence-corrected chi connectivity index (χ1v) is 10.0. The Hall–Kier alpha value is -2.96. The molecule has 7 nitrogen and oxygen atoms in total. The Labute approximate surface area is 163 Å². The van der Waals surface area contributed by atoms with Gasteiger partial charge in [-0.1, -0.05) is 35.5 Å². The maximum atomic E-state index is 13.0. The average molecular weight is 376 g/mol. The monoisotopic (exact) mass is 376 g/mol. The molecule has 3 aromatic rings. The van der Waals surface area contributed by atoms with Crippen molar-refractivity contribution in [1.29, 1.82) is 0 Å². The second kappa shape index (κ2) is 6.89. The zero-order valence-corrected chi connectivity index (χ0v) is 16.0. The number of nitrogens with zero attached hydrogens (tertiary/aromatic N) is 5. The molecule has 1 saturated heterocycles. The second-order valence-corrected chi connectivity index (χ2v) is 7.85. The van der Waals surface area contributed by atoms with E-state index in [9.17, 15) is 4.79 Å². The van der Waals surface area contributed by atoms with E-state index in [0.717, 1.165) is 48.7 Å². The lowest BCUT2D eigenvalue weighted by Gasteiger charge is -2.31. The smallest absolute Gasteiger partial charge is 0.274 e. The van der Waals surface area contributed by atoms with Crippen LogP contribution >= 0.6 is 0 Å². The van der Waals surface area contributed by atoms with Crippen molar-refractivity contribution in [3.63, 3.8) is 0 Å². The van der Waals surface area contributed by atoms with Gasteiger partial charge in [0.05, 0.1) is 11.7 Å². The van der Waals surface area contributed by atoms with Crippen LogP contribution in [0.2, 0.25) is 0 Å². The molecular formula is C21H24N6O. The fourth-order valence-electron chi connectivity index (χ4n) is 3.92. The molecule has 3 heterocycles. The van der Waals surface area contributed by atoms with Gasteiger partial charge < -0.3 is 9.88 Å². The molecule has 0 spiro atoms. The minimum atomic E-state index is 0.00615. The molecule has 2 fully saturated rings. The van der Waals surface area contributed by atoms with Crippen molar-refractivity contribution in [2.45, 2.75) is 44.6 Å². The molecule has 0 bridgehead atoms. The van der Waals surface area contributed by atoms with Crippen molar-refractivity contribution < 1.29 is 4.79 Å². The summed E-state index contributed by atoms with van der Waals surface area (Å²) in [5.74, 6) is 1.37. The zero-order valence-electron chi connectivity index (χ0n) is 16.0. The average Bonchev–Trinajstić information content (AvgIpc) is 3.34. The standard InChI is InChI=1S/C21H24N6O/c1-14-19(23-20(22-14)16-5-3-2-4-6-16)21(28)26-11-9-17(10-12-26)27-13-18(24-25-27)15-7-8-15/h2-6,13,15,17H,7-12H2,1H3,(H,22,23). The molecule has 7 heteroatoms. The first kappa shape index (κ1) is 17.2. The van der Waals surface area contributed by atoms with Crippen LogP contribution in [-0.4, -0.2) is 48.9 Å². The number of amides is 1. The third-order valence-corrected chi connectivity index (χ3v) is 5.78. The number of piperidine rings is 1. The molecule has 2 aromatic heterocycles. The SMILES string of the molecule is Cc1[nH]c(-c2ccccc2)nc1C(=O)N1CCC(n2cc(C3CC3)nn2)CC1. The van der Waals surface area contributed by atoms with Gasteiger partial charge in [0.2, 0.25) is 0 Å². The summed E-state index contributed by atoms with van der Waals surface area (Å²) in [5, 5.41) is 8.64. The summed E-state index contributed by atoms with van der Waals surface area (Å²) in [5.41, 5.74) is 3.45. The molecule has 28 heavy (non-hydrogen) atoms. The molecule has 0 unspecified atom stereocenters. The van der Waals surface area contributed by atoms with Crippen LogP contribution < -0.4 is 0 Å². The number of hydrogen-bond acceptors (Lipinski definition) is 4. The summed E-state index contributed by atoms with van der Waals surface area (Å²) in [6.07, 6.45) is 6.37. The number of H-pyrrole nitrogens is 1. The number of aromatic nitrogens is 5. The number of carbonyl (C=O) groups excluding carboxylic acids is 1. The molecule has 1 saturated carbocycles. The Morgan fingerprint density at radius 3 is 2.57 bits per heavy atom. The predicted molar refractivity (Wildman–Crippen MR) is 105 cm³/mol. The third kappa shape index (κ3) is 3.21. The maximum Gasteiger partial charge on any atom is 0.274 e. The highest BCUT2D eigenvalue weighted by Crippen LogP contribution is 2.39. The number of aryl methyl sites for hydroxylation is 1. The fraction of sp³-hybridized carbons (Fsp3) is 0.429. The Morgan fingerprint density at radius 2 is 1.86 bits per heavy atom. The molecule has 1 aliphatic carbocycles. The largest absolute Gasteiger partial charge is 0.341 e. The predicted octanol–water partition coefficient (Wildman–Crippen LogP) is 3.33. The number of imidazole rings is 1. The molecule has 144 valence electrons. The van der Waals surface area contributed by atoms with Gasteiger partial charge in [-0.3, -0.25) is 4.79 Å². The Balaban J connectivity index is 1.26. The molecule has 0 radical (unpaired) electrons. The first-order valence-electron chi connectivity index (χ1n) is 10.0. The fourth-order valence-corrected chi connectivity index (χ4v) is 3.92. The van der Waals surface area contributed by atoms with Crippen LogP contribution in [0, 0.1) is 6.92 Å². The van der Waals surface area contributed by atoms with Crippen LogP contribution in [-0.2, 0) is 0 Å². The van der Waals surface area contributed by atoms with Crippen LogP contribution in [0.3, 0.4) is 0 Å². The van der Waals surface area contributed by atoms with Gasteiger partial charge in [0.15, 0.2) is 0 Å². The summed E-state index contributed by atoms with van der Waals surface area (Å²) in [6.45, 7) is 3.35. The van der Waals surface area contributed by atoms with Gasteiger partial charge in [0.25, 0.3) is 5.91 Å². The van der Waals surface area contributed by atoms with Crippen LogP contribution in [0.4, 0.5) is 0 Å². The highest BCUT2D eigenvalue weighted by Gasteiger charge is 2.30. The van der Waals surface area contributed by atoms with E-state index in [1.165, 1.54) is 12.8 Å². The molecular weight excluding hydrogens is 352 g/mol. The highest BCUT2D eigenvalue weighted by atomic mass is 16.2. The van der Waals surface area contributed by atoms with Crippen LogP contribution in [0.5, 0.6) is 0 Å². The van der Waals surface area contributed by atoms with Crippen LogP contribution in [0.1, 0.15) is 59.5 Å². The Bertz CT molecular complexity index is 980. The van der Waals surface area contributed by atoms with E-state index in [1.807, 2.05) is 46.8 Å². The number of hydrogen-bond donors (Lipinski definition) is 1. The van der Waals surface area contributed by atoms with E-state index >= 15 is 0 Å². The molecule has 0 atom stereocenters. The molecule has 1 N–H and O–H groups in total.